The van der Waals surface area contributed by atoms with Crippen molar-refractivity contribution in [2.75, 3.05) is 10.6 Å². The van der Waals surface area contributed by atoms with E-state index in [9.17, 15) is 26.4 Å². The summed E-state index contributed by atoms with van der Waals surface area (Å²) >= 11 is 0. The van der Waals surface area contributed by atoms with E-state index in [1.807, 2.05) is 0 Å². The molecule has 0 saturated heterocycles. The molecule has 0 bridgehead atoms. The van der Waals surface area contributed by atoms with Crippen molar-refractivity contribution in [2.24, 2.45) is 0 Å². The van der Waals surface area contributed by atoms with Crippen LogP contribution in [0.15, 0.2) is 57.6 Å². The number of anilines is 2. The van der Waals surface area contributed by atoms with E-state index in [2.05, 4.69) is 10.6 Å². The molecule has 0 saturated carbocycles. The molecule has 154 valence electrons. The quantitative estimate of drug-likeness (QED) is 0.224. The molecular weight excluding hydrogens is 485 g/mol. The Labute approximate surface area is 232 Å². The number of rotatable bonds is 2. The number of hydrogen-bond acceptors (Lipinski definition) is 8. The fraction of sp³-hybridized carbons (Fsp3) is 0. The van der Waals surface area contributed by atoms with Crippen LogP contribution in [0.5, 0.6) is 0 Å². The fourth-order valence-electron chi connectivity index (χ4n) is 2.97. The molecule has 0 atom stereocenters. The topological polar surface area (TPSA) is 167 Å². The number of ketones is 2. The van der Waals surface area contributed by atoms with Crippen molar-refractivity contribution in [1.29, 1.82) is 0 Å². The molecule has 0 unspecified atom stereocenters. The van der Waals surface area contributed by atoms with Crippen LogP contribution in [0.3, 0.4) is 0 Å². The molecule has 0 aliphatic carbocycles. The first-order valence-electron chi connectivity index (χ1n) is 7.57. The summed E-state index contributed by atoms with van der Waals surface area (Å²) < 4.78 is 63.3. The molecule has 2 aromatic carbocycles. The molecule has 15 heteroatoms. The third kappa shape index (κ3) is 5.19. The number of allylic oxidation sites excluding steroid dienone is 2. The summed E-state index contributed by atoms with van der Waals surface area (Å²) in [5.74, 6) is -1.36. The summed E-state index contributed by atoms with van der Waals surface area (Å²) in [6.07, 6.45) is 0. The van der Waals surface area contributed by atoms with Crippen molar-refractivity contribution >= 4 is 120 Å². The molecule has 10 nitrogen and oxygen atoms in total. The Morgan fingerprint density at radius 3 is 1.26 bits per heavy atom. The molecule has 0 radical (unpaired) electrons. The van der Waals surface area contributed by atoms with E-state index in [-0.39, 0.29) is 110 Å². The van der Waals surface area contributed by atoms with Gasteiger partial charge < -0.3 is 10.6 Å². The van der Waals surface area contributed by atoms with Gasteiger partial charge in [-0.2, -0.15) is 16.8 Å². The average molecular weight is 500 g/mol. The van der Waals surface area contributed by atoms with Gasteiger partial charge in [-0.05, 0) is 36.4 Å². The second-order valence-corrected chi connectivity index (χ2v) is 8.87. The molecule has 0 amide bonds. The van der Waals surface area contributed by atoms with E-state index < -0.39 is 41.6 Å². The Bertz CT molecular complexity index is 1250. The Balaban J connectivity index is 0.00000160. The normalized spacial score (nSPS) is 16.7. The predicted octanol–water partition coefficient (Wildman–Crippen LogP) is -1.17. The molecule has 2 aliphatic rings. The van der Waals surface area contributed by atoms with Gasteiger partial charge in [0.15, 0.2) is 17.4 Å². The molecule has 2 aromatic rings. The summed E-state index contributed by atoms with van der Waals surface area (Å²) in [6.45, 7) is 0. The Kier molecular flexibility index (Phi) is 8.98. The maximum absolute atomic E-state index is 12.7. The monoisotopic (exact) mass is 500 g/mol. The van der Waals surface area contributed by atoms with Crippen LogP contribution in [0, 0.1) is 0 Å². The number of benzene rings is 2. The number of Topliss-reactive ketones (excluding diaryl/α,β-unsaturated/α-hetero) is 2. The average Bonchev–Trinajstić information content (AvgIpc) is 3.10. The molecule has 2 aliphatic heterocycles. The van der Waals surface area contributed by atoms with Crippen LogP contribution in [0.25, 0.3) is 0 Å². The minimum absolute atomic E-state index is 0. The van der Waals surface area contributed by atoms with Gasteiger partial charge in [-0.25, -0.2) is 0 Å². The van der Waals surface area contributed by atoms with Crippen LogP contribution < -0.4 is 10.6 Å². The number of fused-ring (bicyclic) bond motifs is 2. The van der Waals surface area contributed by atoms with E-state index in [4.69, 9.17) is 9.11 Å². The van der Waals surface area contributed by atoms with Crippen LogP contribution >= 0.6 is 0 Å². The number of carbonyl (C=O) groups is 2. The van der Waals surface area contributed by atoms with Gasteiger partial charge in [0.2, 0.25) is 11.6 Å². The standard InChI is InChI=1S/C16H10N2O8S2.Al.2Na.5H/c19-15-9-5-7(27(21,22)23)1-3-11(9)17-13(15)14-16(20)10-6-8(28(24,25)26)2-4-12(10)18-14;;;;;;;;/h1-6,17-18H,(H,21,22,23)(H,24,25,26);;;;;;;;/b14-13+;;;;;;;;. The van der Waals surface area contributed by atoms with Crippen molar-refractivity contribution in [3.05, 3.63) is 58.9 Å². The van der Waals surface area contributed by atoms with Gasteiger partial charge in [0.25, 0.3) is 20.2 Å². The van der Waals surface area contributed by atoms with Gasteiger partial charge in [0, 0.05) is 11.1 Å². The first-order valence-corrected chi connectivity index (χ1v) is 10.5. The van der Waals surface area contributed by atoms with E-state index in [1.165, 1.54) is 12.1 Å². The van der Waals surface area contributed by atoms with Gasteiger partial charge in [-0.1, -0.05) is 0 Å². The van der Waals surface area contributed by atoms with E-state index >= 15 is 0 Å². The van der Waals surface area contributed by atoms with Gasteiger partial charge in [0.05, 0.1) is 21.2 Å². The summed E-state index contributed by atoms with van der Waals surface area (Å²) in [5, 5.41) is 5.44. The van der Waals surface area contributed by atoms with E-state index in [1.54, 1.807) is 0 Å². The fourth-order valence-corrected chi connectivity index (χ4v) is 3.98. The van der Waals surface area contributed by atoms with Crippen molar-refractivity contribution in [3.63, 3.8) is 0 Å². The van der Waals surface area contributed by atoms with Gasteiger partial charge in [0.1, 0.15) is 11.4 Å². The zero-order valence-corrected chi connectivity index (χ0v) is 15.3. The Morgan fingerprint density at radius 1 is 0.645 bits per heavy atom. The van der Waals surface area contributed by atoms with Crippen molar-refractivity contribution in [1.82, 2.24) is 0 Å². The predicted molar refractivity (Wildman–Crippen MR) is 120 cm³/mol. The van der Waals surface area contributed by atoms with Crippen LogP contribution in [-0.2, 0) is 20.2 Å². The maximum atomic E-state index is 12.7. The third-order valence-electron chi connectivity index (χ3n) is 4.29. The SMILES string of the molecule is O=C1/C(=C2\Nc3ccc(S(=O)(=O)O)cc3C2=O)Nc2ccc(S(=O)(=O)O)cc21.[AlH3].[NaH].[NaH]. The van der Waals surface area contributed by atoms with Crippen molar-refractivity contribution < 1.29 is 35.5 Å². The molecule has 0 aromatic heterocycles. The summed E-state index contributed by atoms with van der Waals surface area (Å²) in [4.78, 5) is 24.4. The van der Waals surface area contributed by atoms with E-state index in [0.717, 1.165) is 24.3 Å². The zero-order valence-electron chi connectivity index (χ0n) is 13.6. The molecule has 2 heterocycles. The molecule has 0 spiro atoms. The molecule has 31 heavy (non-hydrogen) atoms. The van der Waals surface area contributed by atoms with Crippen LogP contribution in [0.1, 0.15) is 20.7 Å². The Morgan fingerprint density at radius 2 is 0.968 bits per heavy atom. The first-order chi connectivity index (χ1) is 13.0. The van der Waals surface area contributed by atoms with Gasteiger partial charge >= 0.3 is 59.1 Å². The van der Waals surface area contributed by atoms with Gasteiger partial charge in [-0.15, -0.1) is 0 Å². The second-order valence-electron chi connectivity index (χ2n) is 6.02. The summed E-state index contributed by atoms with van der Waals surface area (Å²) in [5.41, 5.74) is 0.0611. The summed E-state index contributed by atoms with van der Waals surface area (Å²) in [7, 11) is -9.03. The van der Waals surface area contributed by atoms with E-state index in [0.29, 0.717) is 0 Å². The molecule has 4 rings (SSSR count). The molecule has 4 N–H and O–H groups in total. The molecular formula is C16H15AlN2Na2O8S2. The third-order valence-corrected chi connectivity index (χ3v) is 5.99. The molecule has 0 fully saturated rings. The van der Waals surface area contributed by atoms with Crippen LogP contribution in [-0.4, -0.2) is 114 Å². The second kappa shape index (κ2) is 9.76. The van der Waals surface area contributed by atoms with Crippen LogP contribution in [0.4, 0.5) is 11.4 Å². The number of hydrogen-bond donors (Lipinski definition) is 4. The van der Waals surface area contributed by atoms with Gasteiger partial charge in [-0.3, -0.25) is 18.7 Å². The number of carbonyl (C=O) groups excluding carboxylic acids is 2. The number of nitrogens with one attached hydrogen (secondary N) is 2. The zero-order chi connectivity index (χ0) is 20.4. The Hall–Kier alpha value is -0.528. The summed E-state index contributed by atoms with van der Waals surface area (Å²) in [6, 6.07) is 6.70. The van der Waals surface area contributed by atoms with Crippen molar-refractivity contribution in [2.45, 2.75) is 9.79 Å². The minimum atomic E-state index is -4.52. The first kappa shape index (κ1) is 28.5. The van der Waals surface area contributed by atoms with Crippen LogP contribution in [0.2, 0.25) is 0 Å². The van der Waals surface area contributed by atoms with Crippen molar-refractivity contribution in [3.8, 4) is 0 Å².